The molecule has 124 valence electrons. The van der Waals surface area contributed by atoms with Gasteiger partial charge in [-0.25, -0.2) is 4.68 Å². The second-order valence-corrected chi connectivity index (χ2v) is 7.70. The average molecular weight is 345 g/mol. The summed E-state index contributed by atoms with van der Waals surface area (Å²) in [7, 11) is 0. The van der Waals surface area contributed by atoms with Crippen LogP contribution in [0.5, 0.6) is 0 Å². The highest BCUT2D eigenvalue weighted by molar-refractivity contribution is 6.31. The number of rotatable bonds is 0. The largest absolute Gasteiger partial charge is 0.325 e. The van der Waals surface area contributed by atoms with Crippen LogP contribution in [0.15, 0.2) is 24.4 Å². The summed E-state index contributed by atoms with van der Waals surface area (Å²) in [6.45, 7) is 5.98. The van der Waals surface area contributed by atoms with Crippen molar-refractivity contribution < 1.29 is 9.59 Å². The van der Waals surface area contributed by atoms with Gasteiger partial charge < -0.3 is 10.6 Å². The van der Waals surface area contributed by atoms with Crippen LogP contribution >= 0.6 is 11.6 Å². The van der Waals surface area contributed by atoms with Crippen LogP contribution in [0, 0.1) is 0 Å². The summed E-state index contributed by atoms with van der Waals surface area (Å²) in [5.74, 6) is 0.141. The molecule has 2 aliphatic rings. The van der Waals surface area contributed by atoms with Gasteiger partial charge in [0.1, 0.15) is 11.2 Å². The molecule has 2 amide bonds. The first-order valence-corrected chi connectivity index (χ1v) is 8.11. The zero-order valence-electron chi connectivity index (χ0n) is 13.6. The number of fused-ring (bicyclic) bond motifs is 4. The number of carbonyl (C=O) groups is 2. The van der Waals surface area contributed by atoms with Crippen LogP contribution in [0.1, 0.15) is 38.3 Å². The number of hydrogen-bond acceptors (Lipinski definition) is 3. The smallest absolute Gasteiger partial charge is 0.240 e. The number of carbonyl (C=O) groups excluding carboxylic acids is 2. The normalized spacial score (nSPS) is 22.2. The number of nitrogens with zero attached hydrogens (tertiary/aromatic N) is 2. The maximum atomic E-state index is 12.9. The fourth-order valence-electron chi connectivity index (χ4n) is 3.57. The van der Waals surface area contributed by atoms with Gasteiger partial charge in [0.25, 0.3) is 0 Å². The van der Waals surface area contributed by atoms with Crippen molar-refractivity contribution in [2.45, 2.75) is 38.1 Å². The molecule has 1 atom stereocenters. The minimum Gasteiger partial charge on any atom is -0.325 e. The molecule has 2 aliphatic heterocycles. The van der Waals surface area contributed by atoms with Crippen molar-refractivity contribution in [2.75, 3.05) is 10.6 Å². The lowest BCUT2D eigenvalue weighted by molar-refractivity contribution is -0.125. The van der Waals surface area contributed by atoms with Crippen molar-refractivity contribution >= 4 is 34.9 Å². The average Bonchev–Trinajstić information content (AvgIpc) is 3.01. The van der Waals surface area contributed by atoms with Crippen LogP contribution in [0.4, 0.5) is 11.5 Å². The standard InChI is InChI=1S/C17H17ClN4O2/c1-16(2,3)22-14-11(8-19-22)17(7-13(23)21-14)10-6-9(18)4-5-12(10)20-15(17)24/h4-6,8H,7H2,1-3H3,(H,20,24)(H,21,23). The molecule has 0 bridgehead atoms. The van der Waals surface area contributed by atoms with E-state index >= 15 is 0 Å². The van der Waals surface area contributed by atoms with Gasteiger partial charge in [-0.2, -0.15) is 5.10 Å². The molecule has 0 fully saturated rings. The summed E-state index contributed by atoms with van der Waals surface area (Å²) < 4.78 is 1.75. The highest BCUT2D eigenvalue weighted by atomic mass is 35.5. The molecule has 0 aliphatic carbocycles. The first-order chi connectivity index (χ1) is 11.2. The Balaban J connectivity index is 2.03. The zero-order valence-corrected chi connectivity index (χ0v) is 14.4. The molecule has 3 heterocycles. The molecule has 0 radical (unpaired) electrons. The van der Waals surface area contributed by atoms with Gasteiger partial charge >= 0.3 is 0 Å². The van der Waals surface area contributed by atoms with E-state index in [4.69, 9.17) is 11.6 Å². The molecule has 7 heteroatoms. The van der Waals surface area contributed by atoms with Crippen molar-refractivity contribution in [3.63, 3.8) is 0 Å². The lowest BCUT2D eigenvalue weighted by Crippen LogP contribution is -2.44. The molecular weight excluding hydrogens is 328 g/mol. The van der Waals surface area contributed by atoms with Crippen LogP contribution < -0.4 is 10.6 Å². The van der Waals surface area contributed by atoms with Crippen molar-refractivity contribution in [3.8, 4) is 0 Å². The molecule has 2 aromatic rings. The Hall–Kier alpha value is -2.34. The lowest BCUT2D eigenvalue weighted by atomic mass is 9.72. The van der Waals surface area contributed by atoms with E-state index in [1.54, 1.807) is 29.1 Å². The first kappa shape index (κ1) is 15.2. The van der Waals surface area contributed by atoms with Crippen molar-refractivity contribution in [1.82, 2.24) is 9.78 Å². The number of nitrogens with one attached hydrogen (secondary N) is 2. The Labute approximate surface area is 144 Å². The number of benzene rings is 1. The molecule has 1 spiro atoms. The van der Waals surface area contributed by atoms with Crippen LogP contribution in [0.25, 0.3) is 0 Å². The maximum absolute atomic E-state index is 12.9. The summed E-state index contributed by atoms with van der Waals surface area (Å²) >= 11 is 6.15. The predicted octanol–water partition coefficient (Wildman–Crippen LogP) is 2.87. The van der Waals surface area contributed by atoms with Crippen LogP contribution in [0.2, 0.25) is 5.02 Å². The first-order valence-electron chi connectivity index (χ1n) is 7.74. The van der Waals surface area contributed by atoms with E-state index in [0.29, 0.717) is 22.1 Å². The van der Waals surface area contributed by atoms with Crippen molar-refractivity contribution in [2.24, 2.45) is 0 Å². The minimum atomic E-state index is -1.08. The van der Waals surface area contributed by atoms with Crippen molar-refractivity contribution in [3.05, 3.63) is 40.5 Å². The van der Waals surface area contributed by atoms with Gasteiger partial charge in [-0.15, -0.1) is 0 Å². The number of amides is 2. The molecule has 24 heavy (non-hydrogen) atoms. The number of anilines is 2. The number of hydrogen-bond donors (Lipinski definition) is 2. The molecule has 0 saturated carbocycles. The molecule has 4 rings (SSSR count). The van der Waals surface area contributed by atoms with E-state index in [-0.39, 0.29) is 23.8 Å². The number of aromatic nitrogens is 2. The molecular formula is C17H17ClN4O2. The van der Waals surface area contributed by atoms with Crippen LogP contribution in [-0.2, 0) is 20.5 Å². The Morgan fingerprint density at radius 1 is 1.21 bits per heavy atom. The van der Waals surface area contributed by atoms with Crippen LogP contribution in [0.3, 0.4) is 0 Å². The van der Waals surface area contributed by atoms with Gasteiger partial charge in [0.05, 0.1) is 11.7 Å². The lowest BCUT2D eigenvalue weighted by Gasteiger charge is -2.33. The van der Waals surface area contributed by atoms with Gasteiger partial charge in [0.2, 0.25) is 11.8 Å². The van der Waals surface area contributed by atoms with E-state index in [0.717, 1.165) is 5.56 Å². The van der Waals surface area contributed by atoms with E-state index in [1.165, 1.54) is 0 Å². The van der Waals surface area contributed by atoms with Gasteiger partial charge in [-0.1, -0.05) is 11.6 Å². The summed E-state index contributed by atoms with van der Waals surface area (Å²) in [5, 5.41) is 10.7. The summed E-state index contributed by atoms with van der Waals surface area (Å²) in [5.41, 5.74) is 0.709. The van der Waals surface area contributed by atoms with E-state index in [1.807, 2.05) is 20.8 Å². The Morgan fingerprint density at radius 2 is 1.96 bits per heavy atom. The quantitative estimate of drug-likeness (QED) is 0.771. The maximum Gasteiger partial charge on any atom is 0.240 e. The van der Waals surface area contributed by atoms with E-state index in [9.17, 15) is 9.59 Å². The molecule has 1 unspecified atom stereocenters. The van der Waals surface area contributed by atoms with Gasteiger partial charge in [0.15, 0.2) is 0 Å². The Morgan fingerprint density at radius 3 is 2.67 bits per heavy atom. The Kier molecular flexibility index (Phi) is 2.91. The highest BCUT2D eigenvalue weighted by Gasteiger charge is 2.54. The topological polar surface area (TPSA) is 76.0 Å². The summed E-state index contributed by atoms with van der Waals surface area (Å²) in [4.78, 5) is 25.4. The van der Waals surface area contributed by atoms with Crippen LogP contribution in [-0.4, -0.2) is 21.6 Å². The van der Waals surface area contributed by atoms with E-state index < -0.39 is 5.41 Å². The highest BCUT2D eigenvalue weighted by Crippen LogP contribution is 2.50. The fraction of sp³-hybridized carbons (Fsp3) is 0.353. The third kappa shape index (κ3) is 1.86. The SMILES string of the molecule is CC(C)(C)n1ncc2c1NC(=O)CC21C(=O)Nc2ccc(Cl)cc21. The molecule has 1 aromatic carbocycles. The fourth-order valence-corrected chi connectivity index (χ4v) is 3.75. The third-order valence-corrected chi connectivity index (χ3v) is 4.86. The Bertz CT molecular complexity index is 896. The zero-order chi connectivity index (χ0) is 17.3. The van der Waals surface area contributed by atoms with Gasteiger partial charge in [-0.3, -0.25) is 9.59 Å². The predicted molar refractivity (Wildman–Crippen MR) is 91.3 cm³/mol. The molecule has 1 aromatic heterocycles. The summed E-state index contributed by atoms with van der Waals surface area (Å²) in [6.07, 6.45) is 1.71. The van der Waals surface area contributed by atoms with Gasteiger partial charge in [0, 0.05) is 22.7 Å². The molecule has 0 saturated heterocycles. The summed E-state index contributed by atoms with van der Waals surface area (Å²) in [6, 6.07) is 5.25. The molecule has 2 N–H and O–H groups in total. The van der Waals surface area contributed by atoms with Crippen molar-refractivity contribution in [1.29, 1.82) is 0 Å². The second kappa shape index (κ2) is 4.60. The second-order valence-electron chi connectivity index (χ2n) is 7.26. The third-order valence-electron chi connectivity index (χ3n) is 4.63. The van der Waals surface area contributed by atoms with E-state index in [2.05, 4.69) is 15.7 Å². The molecule has 6 nitrogen and oxygen atoms in total. The van der Waals surface area contributed by atoms with Gasteiger partial charge in [-0.05, 0) is 44.5 Å². The minimum absolute atomic E-state index is 0.0367. The number of halogens is 1. The monoisotopic (exact) mass is 344 g/mol.